The molecule has 0 aliphatic rings. The average molecular weight is 275 g/mol. The summed E-state index contributed by atoms with van der Waals surface area (Å²) in [5.41, 5.74) is 1.35. The molecule has 3 amide bonds. The first-order valence-corrected chi connectivity index (χ1v) is 6.50. The van der Waals surface area contributed by atoms with Crippen molar-refractivity contribution in [3.63, 3.8) is 0 Å². The van der Waals surface area contributed by atoms with E-state index in [1.807, 2.05) is 17.5 Å². The van der Waals surface area contributed by atoms with Crippen LogP contribution in [0.15, 0.2) is 41.8 Å². The molecule has 5 nitrogen and oxygen atoms in total. The van der Waals surface area contributed by atoms with Crippen molar-refractivity contribution in [2.24, 2.45) is 0 Å². The number of hydrogen-bond acceptors (Lipinski definition) is 3. The summed E-state index contributed by atoms with van der Waals surface area (Å²) in [7, 11) is 0. The lowest BCUT2D eigenvalue weighted by atomic mass is 10.3. The molecule has 0 fully saturated rings. The quantitative estimate of drug-likeness (QED) is 0.804. The molecule has 98 valence electrons. The van der Waals surface area contributed by atoms with Crippen molar-refractivity contribution in [3.05, 3.63) is 41.8 Å². The Labute approximate surface area is 114 Å². The maximum atomic E-state index is 11.7. The summed E-state index contributed by atoms with van der Waals surface area (Å²) in [4.78, 5) is 22.5. The fourth-order valence-corrected chi connectivity index (χ4v) is 2.08. The Morgan fingerprint density at radius 2 is 1.58 bits per heavy atom. The van der Waals surface area contributed by atoms with Crippen LogP contribution in [-0.4, -0.2) is 11.9 Å². The Bertz CT molecular complexity index is 564. The summed E-state index contributed by atoms with van der Waals surface area (Å²) in [6, 6.07) is 10.3. The van der Waals surface area contributed by atoms with Gasteiger partial charge in [-0.05, 0) is 41.8 Å². The molecule has 1 aromatic heterocycles. The molecule has 0 aliphatic heterocycles. The van der Waals surface area contributed by atoms with Crippen LogP contribution in [0.1, 0.15) is 6.92 Å². The van der Waals surface area contributed by atoms with Gasteiger partial charge in [-0.2, -0.15) is 0 Å². The van der Waals surface area contributed by atoms with E-state index in [4.69, 9.17) is 0 Å². The Balaban J connectivity index is 1.92. The van der Waals surface area contributed by atoms with Gasteiger partial charge >= 0.3 is 6.03 Å². The minimum Gasteiger partial charge on any atom is -0.326 e. The largest absolute Gasteiger partial charge is 0.326 e. The Morgan fingerprint density at radius 3 is 2.11 bits per heavy atom. The summed E-state index contributed by atoms with van der Waals surface area (Å²) >= 11 is 1.45. The molecule has 0 atom stereocenters. The van der Waals surface area contributed by atoms with Gasteiger partial charge in [0, 0.05) is 18.3 Å². The van der Waals surface area contributed by atoms with Gasteiger partial charge in [0.1, 0.15) is 0 Å². The van der Waals surface area contributed by atoms with Gasteiger partial charge in [-0.15, -0.1) is 11.3 Å². The molecule has 1 heterocycles. The van der Waals surface area contributed by atoms with Crippen LogP contribution in [0.2, 0.25) is 0 Å². The molecule has 0 bridgehead atoms. The van der Waals surface area contributed by atoms with E-state index >= 15 is 0 Å². The summed E-state index contributed by atoms with van der Waals surface area (Å²) in [6.07, 6.45) is 0. The van der Waals surface area contributed by atoms with Crippen LogP contribution in [-0.2, 0) is 4.79 Å². The van der Waals surface area contributed by atoms with E-state index in [1.54, 1.807) is 24.3 Å². The molecule has 2 rings (SSSR count). The van der Waals surface area contributed by atoms with E-state index in [1.165, 1.54) is 18.3 Å². The number of thiophene rings is 1. The summed E-state index contributed by atoms with van der Waals surface area (Å²) in [5.74, 6) is -0.129. The lowest BCUT2D eigenvalue weighted by Crippen LogP contribution is -2.18. The molecule has 6 heteroatoms. The van der Waals surface area contributed by atoms with Gasteiger partial charge in [0.05, 0.1) is 5.00 Å². The molecule has 0 radical (unpaired) electrons. The highest BCUT2D eigenvalue weighted by atomic mass is 32.1. The second-order valence-electron chi connectivity index (χ2n) is 3.81. The third-order valence-corrected chi connectivity index (χ3v) is 3.01. The lowest BCUT2D eigenvalue weighted by Gasteiger charge is -2.07. The maximum Gasteiger partial charge on any atom is 0.324 e. The lowest BCUT2D eigenvalue weighted by molar-refractivity contribution is -0.114. The fourth-order valence-electron chi connectivity index (χ4n) is 1.46. The normalized spacial score (nSPS) is 9.74. The first-order valence-electron chi connectivity index (χ1n) is 5.62. The molecule has 3 N–H and O–H groups in total. The topological polar surface area (TPSA) is 70.2 Å². The third kappa shape index (κ3) is 4.11. The zero-order valence-corrected chi connectivity index (χ0v) is 11.1. The molecule has 19 heavy (non-hydrogen) atoms. The highest BCUT2D eigenvalue weighted by molar-refractivity contribution is 7.14. The number of carbonyl (C=O) groups is 2. The summed E-state index contributed by atoms with van der Waals surface area (Å²) in [6.45, 7) is 1.45. The Hall–Kier alpha value is -2.34. The van der Waals surface area contributed by atoms with Crippen molar-refractivity contribution in [1.29, 1.82) is 0 Å². The van der Waals surface area contributed by atoms with E-state index in [-0.39, 0.29) is 11.9 Å². The first-order chi connectivity index (χ1) is 9.13. The van der Waals surface area contributed by atoms with Gasteiger partial charge in [-0.3, -0.25) is 10.1 Å². The van der Waals surface area contributed by atoms with E-state index in [0.29, 0.717) is 11.4 Å². The van der Waals surface area contributed by atoms with E-state index in [9.17, 15) is 9.59 Å². The highest BCUT2D eigenvalue weighted by Crippen LogP contribution is 2.17. The summed E-state index contributed by atoms with van der Waals surface area (Å²) in [5, 5.41) is 10.7. The van der Waals surface area contributed by atoms with Crippen molar-refractivity contribution in [1.82, 2.24) is 0 Å². The SMILES string of the molecule is CC(=O)Nc1ccc(NC(=O)Nc2cccs2)cc1. The molecule has 2 aromatic rings. The van der Waals surface area contributed by atoms with Gasteiger partial charge in [0.15, 0.2) is 0 Å². The van der Waals surface area contributed by atoms with Crippen molar-refractivity contribution in [3.8, 4) is 0 Å². The molecule has 1 aromatic carbocycles. The second kappa shape index (κ2) is 6.01. The van der Waals surface area contributed by atoms with Gasteiger partial charge in [0.25, 0.3) is 0 Å². The van der Waals surface area contributed by atoms with Crippen molar-refractivity contribution < 1.29 is 9.59 Å². The minimum atomic E-state index is -0.297. The molecular formula is C13H13N3O2S. The predicted molar refractivity (Wildman–Crippen MR) is 77.7 cm³/mol. The zero-order valence-electron chi connectivity index (χ0n) is 10.3. The van der Waals surface area contributed by atoms with Crippen molar-refractivity contribution >= 4 is 39.7 Å². The van der Waals surface area contributed by atoms with E-state index < -0.39 is 0 Å². The molecule has 0 saturated heterocycles. The van der Waals surface area contributed by atoms with Crippen LogP contribution in [0.25, 0.3) is 0 Å². The predicted octanol–water partition coefficient (Wildman–Crippen LogP) is 3.35. The zero-order chi connectivity index (χ0) is 13.7. The van der Waals surface area contributed by atoms with Crippen LogP contribution in [0.4, 0.5) is 21.2 Å². The van der Waals surface area contributed by atoms with Crippen LogP contribution in [0, 0.1) is 0 Å². The number of urea groups is 1. The number of anilines is 3. The van der Waals surface area contributed by atoms with Crippen molar-refractivity contribution in [2.45, 2.75) is 6.92 Å². The van der Waals surface area contributed by atoms with Crippen LogP contribution >= 0.6 is 11.3 Å². The number of nitrogens with one attached hydrogen (secondary N) is 3. The molecule has 0 aliphatic carbocycles. The number of carbonyl (C=O) groups excluding carboxylic acids is 2. The van der Waals surface area contributed by atoms with Crippen molar-refractivity contribution in [2.75, 3.05) is 16.0 Å². The Morgan fingerprint density at radius 1 is 0.947 bits per heavy atom. The Kier molecular flexibility index (Phi) is 4.15. The van der Waals surface area contributed by atoms with Gasteiger partial charge in [0.2, 0.25) is 5.91 Å². The van der Waals surface area contributed by atoms with Gasteiger partial charge in [-0.25, -0.2) is 4.79 Å². The second-order valence-corrected chi connectivity index (χ2v) is 4.76. The van der Waals surface area contributed by atoms with Gasteiger partial charge < -0.3 is 10.6 Å². The van der Waals surface area contributed by atoms with Crippen LogP contribution in [0.5, 0.6) is 0 Å². The molecule has 0 spiro atoms. The number of rotatable bonds is 3. The number of hydrogen-bond donors (Lipinski definition) is 3. The van der Waals surface area contributed by atoms with E-state index in [2.05, 4.69) is 16.0 Å². The van der Waals surface area contributed by atoms with E-state index in [0.717, 1.165) is 5.00 Å². The van der Waals surface area contributed by atoms with Crippen LogP contribution < -0.4 is 16.0 Å². The fraction of sp³-hybridized carbons (Fsp3) is 0.0769. The minimum absolute atomic E-state index is 0.129. The summed E-state index contributed by atoms with van der Waals surface area (Å²) < 4.78 is 0. The monoisotopic (exact) mass is 275 g/mol. The maximum absolute atomic E-state index is 11.7. The first kappa shape index (κ1) is 13.1. The molecular weight excluding hydrogens is 262 g/mol. The number of benzene rings is 1. The number of amides is 3. The highest BCUT2D eigenvalue weighted by Gasteiger charge is 2.03. The van der Waals surface area contributed by atoms with Crippen LogP contribution in [0.3, 0.4) is 0 Å². The standard InChI is InChI=1S/C13H13N3O2S/c1-9(17)14-10-4-6-11(7-5-10)15-13(18)16-12-3-2-8-19-12/h2-8H,1H3,(H,14,17)(H2,15,16,18). The third-order valence-electron chi connectivity index (χ3n) is 2.22. The molecule has 0 saturated carbocycles. The average Bonchev–Trinajstić information content (AvgIpc) is 2.83. The van der Waals surface area contributed by atoms with Gasteiger partial charge in [-0.1, -0.05) is 0 Å². The smallest absolute Gasteiger partial charge is 0.324 e. The molecule has 0 unspecified atom stereocenters.